The van der Waals surface area contributed by atoms with Crippen LogP contribution in [0.3, 0.4) is 0 Å². The van der Waals surface area contributed by atoms with E-state index in [4.69, 9.17) is 15.2 Å². The van der Waals surface area contributed by atoms with Gasteiger partial charge in [-0.25, -0.2) is 0 Å². The van der Waals surface area contributed by atoms with Crippen molar-refractivity contribution in [2.24, 2.45) is 0 Å². The average molecular weight is 285 g/mol. The molecule has 0 saturated carbocycles. The lowest BCUT2D eigenvalue weighted by molar-refractivity contribution is 0.338. The van der Waals surface area contributed by atoms with Crippen LogP contribution in [0, 0.1) is 0 Å². The second-order valence-electron chi connectivity index (χ2n) is 6.02. The third-order valence-electron chi connectivity index (χ3n) is 3.14. The zero-order valence-corrected chi connectivity index (χ0v) is 13.1. The van der Waals surface area contributed by atoms with E-state index >= 15 is 0 Å². The van der Waals surface area contributed by atoms with Gasteiger partial charge in [0.25, 0.3) is 0 Å². The number of rotatable bonds is 4. The topological polar surface area (TPSA) is 44.5 Å². The third-order valence-corrected chi connectivity index (χ3v) is 3.14. The van der Waals surface area contributed by atoms with Crippen molar-refractivity contribution in [3.05, 3.63) is 48.0 Å². The Morgan fingerprint density at radius 2 is 1.67 bits per heavy atom. The van der Waals surface area contributed by atoms with Gasteiger partial charge in [-0.15, -0.1) is 0 Å². The van der Waals surface area contributed by atoms with Gasteiger partial charge in [0.05, 0.1) is 6.61 Å². The van der Waals surface area contributed by atoms with Crippen molar-refractivity contribution in [1.82, 2.24) is 0 Å². The molecule has 0 aliphatic rings. The molecular weight excluding hydrogens is 262 g/mol. The molecule has 0 aliphatic carbocycles. The predicted octanol–water partition coefficient (Wildman–Crippen LogP) is 4.76. The molecule has 112 valence electrons. The Labute approximate surface area is 126 Å². The highest BCUT2D eigenvalue weighted by atomic mass is 16.5. The van der Waals surface area contributed by atoms with Crippen molar-refractivity contribution in [3.63, 3.8) is 0 Å². The summed E-state index contributed by atoms with van der Waals surface area (Å²) in [5, 5.41) is 0. The third kappa shape index (κ3) is 3.91. The van der Waals surface area contributed by atoms with Gasteiger partial charge in [0.2, 0.25) is 0 Å². The molecule has 0 unspecified atom stereocenters. The summed E-state index contributed by atoms with van der Waals surface area (Å²) < 4.78 is 11.5. The molecule has 0 heterocycles. The highest BCUT2D eigenvalue weighted by Gasteiger charge is 2.18. The highest BCUT2D eigenvalue weighted by molar-refractivity contribution is 5.52. The first kappa shape index (κ1) is 15.2. The predicted molar refractivity (Wildman–Crippen MR) is 87.2 cm³/mol. The molecule has 0 radical (unpaired) electrons. The molecule has 0 atom stereocenters. The summed E-state index contributed by atoms with van der Waals surface area (Å²) in [7, 11) is 0. The monoisotopic (exact) mass is 285 g/mol. The molecule has 0 bridgehead atoms. The standard InChI is InChI=1S/C18H23NO2/c1-5-20-14-10-13(19)11-15(12-14)21-17-9-7-6-8-16(17)18(2,3)4/h6-12H,5,19H2,1-4H3. The van der Waals surface area contributed by atoms with Crippen LogP contribution in [0.4, 0.5) is 5.69 Å². The van der Waals surface area contributed by atoms with Gasteiger partial charge >= 0.3 is 0 Å². The second-order valence-corrected chi connectivity index (χ2v) is 6.02. The van der Waals surface area contributed by atoms with Crippen LogP contribution in [0.15, 0.2) is 42.5 Å². The van der Waals surface area contributed by atoms with E-state index in [1.165, 1.54) is 0 Å². The van der Waals surface area contributed by atoms with Crippen LogP contribution in [0.25, 0.3) is 0 Å². The zero-order valence-electron chi connectivity index (χ0n) is 13.1. The summed E-state index contributed by atoms with van der Waals surface area (Å²) >= 11 is 0. The molecule has 0 fully saturated rings. The van der Waals surface area contributed by atoms with Crippen LogP contribution in [0.5, 0.6) is 17.2 Å². The van der Waals surface area contributed by atoms with E-state index in [1.54, 1.807) is 6.07 Å². The number of hydrogen-bond donors (Lipinski definition) is 1. The van der Waals surface area contributed by atoms with Crippen LogP contribution in [-0.4, -0.2) is 6.61 Å². The minimum atomic E-state index is 0.0136. The normalized spacial score (nSPS) is 11.2. The maximum Gasteiger partial charge on any atom is 0.133 e. The minimum Gasteiger partial charge on any atom is -0.494 e. The van der Waals surface area contributed by atoms with Crippen molar-refractivity contribution < 1.29 is 9.47 Å². The molecule has 0 saturated heterocycles. The Hall–Kier alpha value is -2.16. The fraction of sp³-hybridized carbons (Fsp3) is 0.333. The lowest BCUT2D eigenvalue weighted by atomic mass is 9.86. The van der Waals surface area contributed by atoms with Gasteiger partial charge in [-0.3, -0.25) is 0 Å². The van der Waals surface area contributed by atoms with Crippen LogP contribution in [0.1, 0.15) is 33.3 Å². The Kier molecular flexibility index (Phi) is 4.41. The Morgan fingerprint density at radius 1 is 1.00 bits per heavy atom. The Morgan fingerprint density at radius 3 is 2.33 bits per heavy atom. The molecule has 2 N–H and O–H groups in total. The summed E-state index contributed by atoms with van der Waals surface area (Å²) in [6.45, 7) is 9.04. The number of ether oxygens (including phenoxy) is 2. The van der Waals surface area contributed by atoms with Gasteiger partial charge < -0.3 is 15.2 Å². The maximum atomic E-state index is 6.04. The van der Waals surface area contributed by atoms with Crippen molar-refractivity contribution in [3.8, 4) is 17.2 Å². The van der Waals surface area contributed by atoms with Gasteiger partial charge in [-0.2, -0.15) is 0 Å². The largest absolute Gasteiger partial charge is 0.494 e. The molecule has 21 heavy (non-hydrogen) atoms. The molecular formula is C18H23NO2. The molecule has 2 aromatic carbocycles. The fourth-order valence-corrected chi connectivity index (χ4v) is 2.20. The molecule has 0 aliphatic heterocycles. The van der Waals surface area contributed by atoms with E-state index in [9.17, 15) is 0 Å². The fourth-order valence-electron chi connectivity index (χ4n) is 2.20. The van der Waals surface area contributed by atoms with E-state index in [1.807, 2.05) is 37.3 Å². The van der Waals surface area contributed by atoms with Gasteiger partial charge in [0, 0.05) is 29.4 Å². The van der Waals surface area contributed by atoms with Gasteiger partial charge in [0.15, 0.2) is 0 Å². The maximum absolute atomic E-state index is 6.04. The van der Waals surface area contributed by atoms with E-state index in [0.29, 0.717) is 18.0 Å². The molecule has 0 amide bonds. The van der Waals surface area contributed by atoms with E-state index in [0.717, 1.165) is 17.1 Å². The molecule has 2 rings (SSSR count). The van der Waals surface area contributed by atoms with Gasteiger partial charge in [-0.1, -0.05) is 39.0 Å². The minimum absolute atomic E-state index is 0.0136. The number of nitrogen functional groups attached to an aromatic ring is 1. The van der Waals surface area contributed by atoms with Gasteiger partial charge in [0.1, 0.15) is 17.2 Å². The molecule has 3 heteroatoms. The first-order valence-corrected chi connectivity index (χ1v) is 7.21. The van der Waals surface area contributed by atoms with Crippen molar-refractivity contribution in [2.75, 3.05) is 12.3 Å². The second kappa shape index (κ2) is 6.08. The lowest BCUT2D eigenvalue weighted by Gasteiger charge is -2.22. The number of anilines is 1. The highest BCUT2D eigenvalue weighted by Crippen LogP contribution is 2.35. The summed E-state index contributed by atoms with van der Waals surface area (Å²) in [5.74, 6) is 2.26. The summed E-state index contributed by atoms with van der Waals surface area (Å²) in [6.07, 6.45) is 0. The summed E-state index contributed by atoms with van der Waals surface area (Å²) in [6, 6.07) is 13.5. The summed E-state index contributed by atoms with van der Waals surface area (Å²) in [4.78, 5) is 0. The smallest absolute Gasteiger partial charge is 0.133 e. The van der Waals surface area contributed by atoms with Crippen molar-refractivity contribution in [1.29, 1.82) is 0 Å². The molecule has 0 spiro atoms. The van der Waals surface area contributed by atoms with E-state index < -0.39 is 0 Å². The first-order valence-electron chi connectivity index (χ1n) is 7.21. The van der Waals surface area contributed by atoms with Gasteiger partial charge in [-0.05, 0) is 18.4 Å². The Balaban J connectivity index is 2.35. The van der Waals surface area contributed by atoms with Crippen LogP contribution in [-0.2, 0) is 5.41 Å². The Bertz CT molecular complexity index is 615. The molecule has 0 aromatic heterocycles. The van der Waals surface area contributed by atoms with Crippen molar-refractivity contribution >= 4 is 5.69 Å². The quantitative estimate of drug-likeness (QED) is 0.824. The number of hydrogen-bond acceptors (Lipinski definition) is 3. The molecule has 3 nitrogen and oxygen atoms in total. The van der Waals surface area contributed by atoms with Crippen LogP contribution >= 0.6 is 0 Å². The zero-order chi connectivity index (χ0) is 15.5. The SMILES string of the molecule is CCOc1cc(N)cc(Oc2ccccc2C(C)(C)C)c1. The van der Waals surface area contributed by atoms with Crippen molar-refractivity contribution in [2.45, 2.75) is 33.1 Å². The van der Waals surface area contributed by atoms with Crippen LogP contribution < -0.4 is 15.2 Å². The lowest BCUT2D eigenvalue weighted by Crippen LogP contribution is -2.12. The summed E-state index contributed by atoms with van der Waals surface area (Å²) in [5.41, 5.74) is 7.71. The number of nitrogens with two attached hydrogens (primary N) is 1. The van der Waals surface area contributed by atoms with Crippen LogP contribution in [0.2, 0.25) is 0 Å². The van der Waals surface area contributed by atoms with E-state index in [-0.39, 0.29) is 5.41 Å². The number of benzene rings is 2. The average Bonchev–Trinajstić information content (AvgIpc) is 2.37. The molecule has 2 aromatic rings. The van der Waals surface area contributed by atoms with E-state index in [2.05, 4.69) is 26.8 Å². The number of para-hydroxylation sites is 1. The first-order chi connectivity index (χ1) is 9.90.